The molecule has 0 radical (unpaired) electrons. The molecule has 3 heterocycles. The van der Waals surface area contributed by atoms with Crippen LogP contribution in [0.3, 0.4) is 0 Å². The van der Waals surface area contributed by atoms with E-state index in [-0.39, 0.29) is 12.7 Å². The second-order valence-corrected chi connectivity index (χ2v) is 9.76. The van der Waals surface area contributed by atoms with Crippen molar-refractivity contribution >= 4 is 17.7 Å². The van der Waals surface area contributed by atoms with Crippen LogP contribution in [0, 0.1) is 6.92 Å². The molecular formula is C29H24N4O4S. The van der Waals surface area contributed by atoms with Crippen molar-refractivity contribution in [2.24, 2.45) is 0 Å². The average molecular weight is 525 g/mol. The van der Waals surface area contributed by atoms with Crippen LogP contribution < -0.4 is 14.8 Å². The highest BCUT2D eigenvalue weighted by atomic mass is 32.2. The number of nitrogens with zero attached hydrogens (tertiary/aromatic N) is 3. The summed E-state index contributed by atoms with van der Waals surface area (Å²) >= 11 is 1.55. The number of aryl methyl sites for hydroxylation is 1. The van der Waals surface area contributed by atoms with Crippen molar-refractivity contribution in [2.75, 3.05) is 6.79 Å². The summed E-state index contributed by atoms with van der Waals surface area (Å²) in [6.45, 7) is 2.67. The number of benzene rings is 3. The number of aromatic nitrogens is 3. The van der Waals surface area contributed by atoms with Gasteiger partial charge in [-0.2, -0.15) is 0 Å². The molecule has 1 aliphatic rings. The fourth-order valence-electron chi connectivity index (χ4n) is 4.21. The lowest BCUT2D eigenvalue weighted by molar-refractivity contribution is 0.0950. The summed E-state index contributed by atoms with van der Waals surface area (Å²) in [6.07, 6.45) is 1.63. The molecule has 6 rings (SSSR count). The van der Waals surface area contributed by atoms with Gasteiger partial charge < -0.3 is 19.2 Å². The Hall–Kier alpha value is -4.50. The van der Waals surface area contributed by atoms with Gasteiger partial charge in [0.05, 0.1) is 12.0 Å². The van der Waals surface area contributed by atoms with Crippen LogP contribution in [0.25, 0.3) is 17.3 Å². The van der Waals surface area contributed by atoms with Crippen molar-refractivity contribution in [3.8, 4) is 28.8 Å². The molecule has 0 saturated carbocycles. The number of hydrogen-bond acceptors (Lipinski definition) is 7. The van der Waals surface area contributed by atoms with E-state index in [4.69, 9.17) is 13.9 Å². The summed E-state index contributed by atoms with van der Waals surface area (Å²) in [6, 6.07) is 25.2. The first-order valence-corrected chi connectivity index (χ1v) is 13.1. The Morgan fingerprint density at radius 1 is 0.947 bits per heavy atom. The molecule has 2 aromatic heterocycles. The molecule has 1 aliphatic heterocycles. The summed E-state index contributed by atoms with van der Waals surface area (Å²) < 4.78 is 18.4. The van der Waals surface area contributed by atoms with E-state index in [1.165, 1.54) is 0 Å². The number of carbonyl (C=O) groups excluding carboxylic acids is 1. The highest BCUT2D eigenvalue weighted by Crippen LogP contribution is 2.33. The summed E-state index contributed by atoms with van der Waals surface area (Å²) in [5.41, 5.74) is 4.64. The predicted octanol–water partition coefficient (Wildman–Crippen LogP) is 5.79. The van der Waals surface area contributed by atoms with Crippen LogP contribution in [0.2, 0.25) is 0 Å². The molecular weight excluding hydrogens is 500 g/mol. The molecule has 8 nitrogen and oxygen atoms in total. The highest BCUT2D eigenvalue weighted by molar-refractivity contribution is 7.98. The van der Waals surface area contributed by atoms with E-state index in [1.54, 1.807) is 18.0 Å². The molecule has 38 heavy (non-hydrogen) atoms. The van der Waals surface area contributed by atoms with Gasteiger partial charge in [0.15, 0.2) is 22.4 Å². The number of nitrogens with one attached hydrogen (secondary N) is 1. The lowest BCUT2D eigenvalue weighted by Crippen LogP contribution is -2.22. The van der Waals surface area contributed by atoms with E-state index >= 15 is 0 Å². The van der Waals surface area contributed by atoms with Gasteiger partial charge in [-0.3, -0.25) is 9.36 Å². The molecule has 0 saturated heterocycles. The van der Waals surface area contributed by atoms with Gasteiger partial charge >= 0.3 is 0 Å². The minimum absolute atomic E-state index is 0.141. The standard InChI is InChI=1S/C29H24N4O4S/c1-19-5-2-8-23(13-19)33-27(25-9-4-12-35-25)31-32-29(33)38-17-21-6-3-7-22(14-21)28(34)30-16-20-10-11-24-26(15-20)37-18-36-24/h2-15H,16-18H2,1H3,(H,30,34). The number of ether oxygens (including phenoxy) is 2. The topological polar surface area (TPSA) is 91.4 Å². The van der Waals surface area contributed by atoms with Crippen LogP contribution in [-0.2, 0) is 12.3 Å². The van der Waals surface area contributed by atoms with Gasteiger partial charge in [0.2, 0.25) is 12.6 Å². The Balaban J connectivity index is 1.17. The molecule has 0 atom stereocenters. The second-order valence-electron chi connectivity index (χ2n) is 8.82. The van der Waals surface area contributed by atoms with Crippen molar-refractivity contribution in [1.29, 1.82) is 0 Å². The van der Waals surface area contributed by atoms with E-state index in [2.05, 4.69) is 34.6 Å². The maximum absolute atomic E-state index is 12.9. The third-order valence-electron chi connectivity index (χ3n) is 6.08. The summed E-state index contributed by atoms with van der Waals surface area (Å²) in [4.78, 5) is 12.9. The van der Waals surface area contributed by atoms with E-state index in [9.17, 15) is 4.79 Å². The minimum Gasteiger partial charge on any atom is -0.461 e. The molecule has 0 fully saturated rings. The zero-order valence-electron chi connectivity index (χ0n) is 20.6. The number of thioether (sulfide) groups is 1. The Bertz CT molecular complexity index is 1600. The van der Waals surface area contributed by atoms with Gasteiger partial charge in [-0.1, -0.05) is 42.1 Å². The summed E-state index contributed by atoms with van der Waals surface area (Å²) in [7, 11) is 0. The van der Waals surface area contributed by atoms with Crippen molar-refractivity contribution in [1.82, 2.24) is 20.1 Å². The molecule has 0 bridgehead atoms. The molecule has 0 unspecified atom stereocenters. The number of carbonyl (C=O) groups is 1. The van der Waals surface area contributed by atoms with Gasteiger partial charge in [-0.25, -0.2) is 0 Å². The van der Waals surface area contributed by atoms with Gasteiger partial charge in [0.25, 0.3) is 5.91 Å². The Morgan fingerprint density at radius 3 is 2.71 bits per heavy atom. The van der Waals surface area contributed by atoms with Crippen LogP contribution in [-0.4, -0.2) is 27.5 Å². The highest BCUT2D eigenvalue weighted by Gasteiger charge is 2.19. The van der Waals surface area contributed by atoms with Crippen LogP contribution in [0.15, 0.2) is 94.7 Å². The first kappa shape index (κ1) is 23.9. The van der Waals surface area contributed by atoms with E-state index in [1.807, 2.05) is 71.3 Å². The van der Waals surface area contributed by atoms with Crippen LogP contribution in [0.4, 0.5) is 0 Å². The summed E-state index contributed by atoms with van der Waals surface area (Å²) in [5, 5.41) is 12.6. The lowest BCUT2D eigenvalue weighted by atomic mass is 10.1. The number of furan rings is 1. The molecule has 3 aromatic carbocycles. The van der Waals surface area contributed by atoms with Crippen LogP contribution in [0.5, 0.6) is 11.5 Å². The number of amides is 1. The Morgan fingerprint density at radius 2 is 1.84 bits per heavy atom. The minimum atomic E-state index is -0.141. The van der Waals surface area contributed by atoms with Crippen molar-refractivity contribution in [3.63, 3.8) is 0 Å². The first-order chi connectivity index (χ1) is 18.6. The third kappa shape index (κ3) is 5.01. The normalized spacial score (nSPS) is 12.0. The van der Waals surface area contributed by atoms with E-state index in [0.29, 0.717) is 35.2 Å². The van der Waals surface area contributed by atoms with Gasteiger partial charge in [-0.05, 0) is 72.1 Å². The largest absolute Gasteiger partial charge is 0.461 e. The molecule has 5 aromatic rings. The zero-order chi connectivity index (χ0) is 25.9. The molecule has 9 heteroatoms. The van der Waals surface area contributed by atoms with Crippen molar-refractivity contribution in [2.45, 2.75) is 24.4 Å². The predicted molar refractivity (Wildman–Crippen MR) is 144 cm³/mol. The van der Waals surface area contributed by atoms with Crippen molar-refractivity contribution in [3.05, 3.63) is 107 Å². The number of rotatable bonds is 8. The second kappa shape index (κ2) is 10.5. The lowest BCUT2D eigenvalue weighted by Gasteiger charge is -2.10. The maximum atomic E-state index is 12.9. The van der Waals surface area contributed by atoms with Crippen molar-refractivity contribution < 1.29 is 18.7 Å². The Kier molecular flexibility index (Phi) is 6.58. The quantitative estimate of drug-likeness (QED) is 0.257. The molecule has 1 N–H and O–H groups in total. The molecule has 0 aliphatic carbocycles. The fraction of sp³-hybridized carbons (Fsp3) is 0.138. The smallest absolute Gasteiger partial charge is 0.251 e. The fourth-order valence-corrected chi connectivity index (χ4v) is 5.11. The van der Waals surface area contributed by atoms with E-state index in [0.717, 1.165) is 33.3 Å². The van der Waals surface area contributed by atoms with Gasteiger partial charge in [0.1, 0.15) is 0 Å². The van der Waals surface area contributed by atoms with Crippen LogP contribution >= 0.6 is 11.8 Å². The summed E-state index contributed by atoms with van der Waals surface area (Å²) in [5.74, 6) is 3.18. The number of hydrogen-bond donors (Lipinski definition) is 1. The first-order valence-electron chi connectivity index (χ1n) is 12.1. The average Bonchev–Trinajstić information content (AvgIpc) is 3.71. The van der Waals surface area contributed by atoms with Gasteiger partial charge in [-0.15, -0.1) is 10.2 Å². The maximum Gasteiger partial charge on any atom is 0.251 e. The van der Waals surface area contributed by atoms with E-state index < -0.39 is 0 Å². The number of fused-ring (bicyclic) bond motifs is 1. The molecule has 1 amide bonds. The Labute approximate surface area is 223 Å². The van der Waals surface area contributed by atoms with Crippen LogP contribution in [0.1, 0.15) is 27.0 Å². The third-order valence-corrected chi connectivity index (χ3v) is 7.08. The SMILES string of the molecule is Cc1cccc(-n2c(SCc3cccc(C(=O)NCc4ccc5c(c4)OCO5)c3)nnc2-c2ccco2)c1. The molecule has 190 valence electrons. The monoisotopic (exact) mass is 524 g/mol. The van der Waals surface area contributed by atoms with Gasteiger partial charge in [0, 0.05) is 17.9 Å². The zero-order valence-corrected chi connectivity index (χ0v) is 21.4. The molecule has 0 spiro atoms.